The third-order valence-electron chi connectivity index (χ3n) is 1.89. The van der Waals surface area contributed by atoms with Crippen molar-refractivity contribution in [1.29, 1.82) is 0 Å². The number of halogens is 1. The van der Waals surface area contributed by atoms with Crippen molar-refractivity contribution in [3.05, 3.63) is 12.2 Å². The van der Waals surface area contributed by atoms with E-state index in [0.29, 0.717) is 5.92 Å². The summed E-state index contributed by atoms with van der Waals surface area (Å²) in [5, 5.41) is 0.285. The summed E-state index contributed by atoms with van der Waals surface area (Å²) < 4.78 is 0. The lowest BCUT2D eigenvalue weighted by Crippen LogP contribution is -2.05. The van der Waals surface area contributed by atoms with Crippen molar-refractivity contribution in [2.75, 3.05) is 0 Å². The van der Waals surface area contributed by atoms with Crippen molar-refractivity contribution in [3.63, 3.8) is 0 Å². The fourth-order valence-corrected chi connectivity index (χ4v) is 1.36. The summed E-state index contributed by atoms with van der Waals surface area (Å²) in [4.78, 5) is 0. The van der Waals surface area contributed by atoms with E-state index in [1.165, 1.54) is 19.3 Å². The van der Waals surface area contributed by atoms with Crippen LogP contribution in [0.25, 0.3) is 0 Å². The molecular weight excluding hydrogens is 132 g/mol. The fraction of sp³-hybridized carbons (Fsp3) is 0.750. The minimum Gasteiger partial charge on any atom is -0.118 e. The average molecular weight is 145 g/mol. The van der Waals surface area contributed by atoms with Gasteiger partial charge in [0, 0.05) is 0 Å². The monoisotopic (exact) mass is 144 g/mol. The molecule has 0 N–H and O–H groups in total. The third-order valence-corrected chi connectivity index (χ3v) is 2.47. The Morgan fingerprint density at radius 1 is 1.56 bits per heavy atom. The second kappa shape index (κ2) is 3.26. The Labute approximate surface area is 61.9 Å². The van der Waals surface area contributed by atoms with Crippen LogP contribution in [0.3, 0.4) is 0 Å². The zero-order valence-corrected chi connectivity index (χ0v) is 6.56. The molecule has 1 rings (SSSR count). The van der Waals surface area contributed by atoms with Crippen molar-refractivity contribution in [1.82, 2.24) is 0 Å². The van der Waals surface area contributed by atoms with Gasteiger partial charge >= 0.3 is 0 Å². The van der Waals surface area contributed by atoms with Crippen molar-refractivity contribution < 1.29 is 0 Å². The molecule has 0 spiro atoms. The van der Waals surface area contributed by atoms with E-state index >= 15 is 0 Å². The SMILES string of the molecule is CC1CCCC=CC1Cl. The summed E-state index contributed by atoms with van der Waals surface area (Å²) in [6, 6.07) is 0. The molecule has 52 valence electrons. The van der Waals surface area contributed by atoms with E-state index < -0.39 is 0 Å². The molecule has 0 saturated heterocycles. The van der Waals surface area contributed by atoms with Crippen molar-refractivity contribution in [2.45, 2.75) is 31.6 Å². The van der Waals surface area contributed by atoms with Crippen LogP contribution in [-0.4, -0.2) is 5.38 Å². The Bertz CT molecular complexity index is 107. The maximum Gasteiger partial charge on any atom is 0.0541 e. The van der Waals surface area contributed by atoms with Crippen LogP contribution in [0, 0.1) is 5.92 Å². The van der Waals surface area contributed by atoms with E-state index in [4.69, 9.17) is 11.6 Å². The van der Waals surface area contributed by atoms with Gasteiger partial charge in [0.2, 0.25) is 0 Å². The second-order valence-electron chi connectivity index (χ2n) is 2.78. The molecule has 1 heteroatoms. The average Bonchev–Trinajstić information content (AvgIpc) is 1.99. The number of alkyl halides is 1. The van der Waals surface area contributed by atoms with E-state index in [9.17, 15) is 0 Å². The highest BCUT2D eigenvalue weighted by Gasteiger charge is 2.12. The number of hydrogen-bond acceptors (Lipinski definition) is 0. The van der Waals surface area contributed by atoms with Crippen LogP contribution in [-0.2, 0) is 0 Å². The van der Waals surface area contributed by atoms with Crippen LogP contribution >= 0.6 is 11.6 Å². The fourth-order valence-electron chi connectivity index (χ4n) is 1.13. The molecule has 0 amide bonds. The Morgan fingerprint density at radius 2 is 2.33 bits per heavy atom. The minimum absolute atomic E-state index is 0.285. The predicted octanol–water partition coefficient (Wildman–Crippen LogP) is 2.97. The third kappa shape index (κ3) is 2.02. The Balaban J connectivity index is 2.46. The molecule has 0 fully saturated rings. The molecule has 0 aliphatic heterocycles. The first-order chi connectivity index (χ1) is 4.30. The number of allylic oxidation sites excluding steroid dienone is 2. The molecule has 0 nitrogen and oxygen atoms in total. The molecule has 9 heavy (non-hydrogen) atoms. The Kier molecular flexibility index (Phi) is 2.59. The lowest BCUT2D eigenvalue weighted by Gasteiger charge is -2.10. The molecule has 0 aromatic heterocycles. The van der Waals surface area contributed by atoms with Crippen LogP contribution in [0.15, 0.2) is 12.2 Å². The topological polar surface area (TPSA) is 0 Å². The predicted molar refractivity (Wildman–Crippen MR) is 41.8 cm³/mol. The molecule has 1 aliphatic rings. The van der Waals surface area contributed by atoms with Gasteiger partial charge in [-0.2, -0.15) is 0 Å². The summed E-state index contributed by atoms with van der Waals surface area (Å²) in [5.41, 5.74) is 0. The molecule has 0 saturated carbocycles. The normalized spacial score (nSPS) is 36.2. The smallest absolute Gasteiger partial charge is 0.0541 e. The Hall–Kier alpha value is 0.0300. The van der Waals surface area contributed by atoms with Gasteiger partial charge in [-0.05, 0) is 25.2 Å². The molecule has 0 aromatic carbocycles. The maximum atomic E-state index is 5.98. The van der Waals surface area contributed by atoms with E-state index in [2.05, 4.69) is 19.1 Å². The summed E-state index contributed by atoms with van der Waals surface area (Å²) in [6.07, 6.45) is 8.12. The first-order valence-electron chi connectivity index (χ1n) is 3.61. The first-order valence-corrected chi connectivity index (χ1v) is 4.05. The zero-order valence-electron chi connectivity index (χ0n) is 5.81. The van der Waals surface area contributed by atoms with Gasteiger partial charge in [0.25, 0.3) is 0 Å². The van der Waals surface area contributed by atoms with E-state index in [1.54, 1.807) is 0 Å². The van der Waals surface area contributed by atoms with Crippen LogP contribution in [0.1, 0.15) is 26.2 Å². The van der Waals surface area contributed by atoms with Gasteiger partial charge in [0.05, 0.1) is 5.38 Å². The molecule has 1 aliphatic carbocycles. The quantitative estimate of drug-likeness (QED) is 0.362. The molecule has 0 heterocycles. The highest BCUT2D eigenvalue weighted by Crippen LogP contribution is 2.21. The molecule has 0 radical (unpaired) electrons. The van der Waals surface area contributed by atoms with Gasteiger partial charge in [-0.25, -0.2) is 0 Å². The highest BCUT2D eigenvalue weighted by molar-refractivity contribution is 6.21. The summed E-state index contributed by atoms with van der Waals surface area (Å²) >= 11 is 5.98. The molecule has 2 unspecified atom stereocenters. The van der Waals surface area contributed by atoms with Crippen LogP contribution in [0.5, 0.6) is 0 Å². The van der Waals surface area contributed by atoms with E-state index in [1.807, 2.05) is 0 Å². The molecule has 0 aromatic rings. The summed E-state index contributed by atoms with van der Waals surface area (Å²) in [5.74, 6) is 0.672. The maximum absolute atomic E-state index is 5.98. The number of hydrogen-bond donors (Lipinski definition) is 0. The van der Waals surface area contributed by atoms with Gasteiger partial charge in [0.1, 0.15) is 0 Å². The van der Waals surface area contributed by atoms with Gasteiger partial charge in [-0.1, -0.05) is 19.1 Å². The van der Waals surface area contributed by atoms with Crippen molar-refractivity contribution in [2.24, 2.45) is 5.92 Å². The standard InChI is InChI=1S/C8H13Cl/c1-7-5-3-2-4-6-8(7)9/h4,6-8H,2-3,5H2,1H3. The Morgan fingerprint density at radius 3 is 3.11 bits per heavy atom. The van der Waals surface area contributed by atoms with Gasteiger partial charge in [-0.15, -0.1) is 11.6 Å². The van der Waals surface area contributed by atoms with E-state index in [-0.39, 0.29) is 5.38 Å². The largest absolute Gasteiger partial charge is 0.118 e. The van der Waals surface area contributed by atoms with Gasteiger partial charge in [-0.3, -0.25) is 0 Å². The van der Waals surface area contributed by atoms with Crippen molar-refractivity contribution >= 4 is 11.6 Å². The van der Waals surface area contributed by atoms with Gasteiger partial charge in [0.15, 0.2) is 0 Å². The molecule has 0 bridgehead atoms. The molecule has 2 atom stereocenters. The van der Waals surface area contributed by atoms with Gasteiger partial charge < -0.3 is 0 Å². The van der Waals surface area contributed by atoms with Crippen LogP contribution < -0.4 is 0 Å². The zero-order chi connectivity index (χ0) is 6.69. The number of rotatable bonds is 0. The lowest BCUT2D eigenvalue weighted by molar-refractivity contribution is 0.538. The summed E-state index contributed by atoms with van der Waals surface area (Å²) in [6.45, 7) is 2.22. The molecular formula is C8H13Cl. The lowest BCUT2D eigenvalue weighted by atomic mass is 10.0. The van der Waals surface area contributed by atoms with Crippen LogP contribution in [0.2, 0.25) is 0 Å². The summed E-state index contributed by atoms with van der Waals surface area (Å²) in [7, 11) is 0. The van der Waals surface area contributed by atoms with Crippen LogP contribution in [0.4, 0.5) is 0 Å². The van der Waals surface area contributed by atoms with E-state index in [0.717, 1.165) is 0 Å². The van der Waals surface area contributed by atoms with Crippen molar-refractivity contribution in [3.8, 4) is 0 Å². The minimum atomic E-state index is 0.285. The highest BCUT2D eigenvalue weighted by atomic mass is 35.5. The second-order valence-corrected chi connectivity index (χ2v) is 3.28. The first kappa shape index (κ1) is 7.14.